The maximum Gasteiger partial charge on any atom is 0.416 e. The van der Waals surface area contributed by atoms with Crippen LogP contribution in [-0.4, -0.2) is 10.1 Å². The highest BCUT2D eigenvalue weighted by atomic mass is 19.4. The molecular weight excluding hydrogens is 271 g/mol. The maximum atomic E-state index is 12.7. The Kier molecular flexibility index (Phi) is 3.96. The smallest absolute Gasteiger partial charge is 0.398 e. The molecule has 0 radical (unpaired) electrons. The van der Waals surface area contributed by atoms with Crippen LogP contribution >= 0.6 is 0 Å². The molecule has 1 aromatic heterocycles. The number of aryl methyl sites for hydroxylation is 1. The molecule has 0 aliphatic carbocycles. The SMILES string of the molecule is CCCCc1noc(-c2cc(C(F)(F)F)ccc2N)n1. The van der Waals surface area contributed by atoms with Gasteiger partial charge < -0.3 is 10.3 Å². The van der Waals surface area contributed by atoms with Crippen molar-refractivity contribution in [1.29, 1.82) is 0 Å². The van der Waals surface area contributed by atoms with Crippen molar-refractivity contribution in [2.45, 2.75) is 32.4 Å². The Hall–Kier alpha value is -2.05. The van der Waals surface area contributed by atoms with Crippen molar-refractivity contribution in [2.75, 3.05) is 5.73 Å². The minimum Gasteiger partial charge on any atom is -0.398 e. The van der Waals surface area contributed by atoms with Crippen molar-refractivity contribution in [3.8, 4) is 11.5 Å². The standard InChI is InChI=1S/C13H14F3N3O/c1-2-3-4-11-18-12(20-19-11)9-7-8(13(14,15)16)5-6-10(9)17/h5-7H,2-4,17H2,1H3. The molecule has 0 aliphatic rings. The summed E-state index contributed by atoms with van der Waals surface area (Å²) < 4.78 is 43.0. The summed E-state index contributed by atoms with van der Waals surface area (Å²) in [6.45, 7) is 2.02. The van der Waals surface area contributed by atoms with E-state index in [4.69, 9.17) is 10.3 Å². The summed E-state index contributed by atoms with van der Waals surface area (Å²) in [6, 6.07) is 3.04. The van der Waals surface area contributed by atoms with E-state index in [9.17, 15) is 13.2 Å². The number of anilines is 1. The molecule has 1 aromatic carbocycles. The van der Waals surface area contributed by atoms with Crippen LogP contribution in [0.5, 0.6) is 0 Å². The number of benzene rings is 1. The average Bonchev–Trinajstić information content (AvgIpc) is 2.84. The number of nitrogen functional groups attached to an aromatic ring is 1. The largest absolute Gasteiger partial charge is 0.416 e. The third-order valence-corrected chi connectivity index (χ3v) is 2.83. The zero-order chi connectivity index (χ0) is 14.8. The third kappa shape index (κ3) is 3.09. The number of nitrogens with zero attached hydrogens (tertiary/aromatic N) is 2. The highest BCUT2D eigenvalue weighted by Crippen LogP contribution is 2.34. The van der Waals surface area contributed by atoms with E-state index < -0.39 is 11.7 Å². The predicted molar refractivity (Wildman–Crippen MR) is 67.8 cm³/mol. The van der Waals surface area contributed by atoms with E-state index in [0.717, 1.165) is 25.0 Å². The van der Waals surface area contributed by atoms with E-state index in [-0.39, 0.29) is 17.1 Å². The molecule has 0 aliphatic heterocycles. The Morgan fingerprint density at radius 1 is 1.30 bits per heavy atom. The second kappa shape index (κ2) is 5.52. The van der Waals surface area contributed by atoms with Crippen LogP contribution in [0.15, 0.2) is 22.7 Å². The van der Waals surface area contributed by atoms with Gasteiger partial charge in [-0.15, -0.1) is 0 Å². The van der Waals surface area contributed by atoms with Crippen molar-refractivity contribution < 1.29 is 17.7 Å². The summed E-state index contributed by atoms with van der Waals surface area (Å²) in [6.07, 6.45) is -1.96. The van der Waals surface area contributed by atoms with Crippen LogP contribution < -0.4 is 5.73 Å². The minimum atomic E-state index is -4.44. The lowest BCUT2D eigenvalue weighted by molar-refractivity contribution is -0.137. The van der Waals surface area contributed by atoms with Gasteiger partial charge in [0, 0.05) is 12.1 Å². The van der Waals surface area contributed by atoms with Gasteiger partial charge in [-0.05, 0) is 24.6 Å². The summed E-state index contributed by atoms with van der Waals surface area (Å²) in [7, 11) is 0. The predicted octanol–water partition coefficient (Wildman–Crippen LogP) is 3.68. The molecule has 4 nitrogen and oxygen atoms in total. The summed E-state index contributed by atoms with van der Waals surface area (Å²) in [4.78, 5) is 4.08. The second-order valence-corrected chi connectivity index (χ2v) is 4.42. The first-order valence-corrected chi connectivity index (χ1v) is 6.21. The van der Waals surface area contributed by atoms with E-state index in [1.807, 2.05) is 6.92 Å². The normalized spacial score (nSPS) is 11.8. The van der Waals surface area contributed by atoms with Crippen molar-refractivity contribution in [3.63, 3.8) is 0 Å². The van der Waals surface area contributed by atoms with Gasteiger partial charge in [0.25, 0.3) is 5.89 Å². The van der Waals surface area contributed by atoms with Crippen LogP contribution in [0, 0.1) is 0 Å². The molecule has 0 unspecified atom stereocenters. The monoisotopic (exact) mass is 285 g/mol. The summed E-state index contributed by atoms with van der Waals surface area (Å²) >= 11 is 0. The number of nitrogens with two attached hydrogens (primary N) is 1. The van der Waals surface area contributed by atoms with E-state index >= 15 is 0 Å². The first kappa shape index (κ1) is 14.4. The van der Waals surface area contributed by atoms with Gasteiger partial charge in [-0.1, -0.05) is 18.5 Å². The average molecular weight is 285 g/mol. The lowest BCUT2D eigenvalue weighted by atomic mass is 10.1. The number of hydrogen-bond acceptors (Lipinski definition) is 4. The van der Waals surface area contributed by atoms with E-state index in [2.05, 4.69) is 10.1 Å². The molecule has 0 amide bonds. The molecule has 1 heterocycles. The quantitative estimate of drug-likeness (QED) is 0.870. The molecule has 2 aromatic rings. The molecule has 0 atom stereocenters. The number of rotatable bonds is 4. The van der Waals surface area contributed by atoms with Gasteiger partial charge in [0.2, 0.25) is 0 Å². The van der Waals surface area contributed by atoms with Gasteiger partial charge in [-0.25, -0.2) is 0 Å². The molecule has 0 fully saturated rings. The second-order valence-electron chi connectivity index (χ2n) is 4.42. The minimum absolute atomic E-state index is 0.0136. The first-order chi connectivity index (χ1) is 9.41. The lowest BCUT2D eigenvalue weighted by Gasteiger charge is -2.08. The molecule has 2 rings (SSSR count). The summed E-state index contributed by atoms with van der Waals surface area (Å²) in [5.74, 6) is 0.485. The van der Waals surface area contributed by atoms with Crippen LogP contribution in [-0.2, 0) is 12.6 Å². The number of alkyl halides is 3. The van der Waals surface area contributed by atoms with Crippen molar-refractivity contribution in [2.24, 2.45) is 0 Å². The topological polar surface area (TPSA) is 64.9 Å². The van der Waals surface area contributed by atoms with E-state index in [1.165, 1.54) is 6.07 Å². The van der Waals surface area contributed by atoms with Gasteiger partial charge in [0.15, 0.2) is 5.82 Å². The Morgan fingerprint density at radius 2 is 2.05 bits per heavy atom. The highest BCUT2D eigenvalue weighted by Gasteiger charge is 2.31. The van der Waals surface area contributed by atoms with Crippen LogP contribution in [0.3, 0.4) is 0 Å². The summed E-state index contributed by atoms with van der Waals surface area (Å²) in [5.41, 5.74) is 5.16. The Balaban J connectivity index is 2.34. The van der Waals surface area contributed by atoms with Gasteiger partial charge in [-0.2, -0.15) is 18.2 Å². The zero-order valence-electron chi connectivity index (χ0n) is 10.9. The molecular formula is C13H14F3N3O. The third-order valence-electron chi connectivity index (χ3n) is 2.83. The fourth-order valence-corrected chi connectivity index (χ4v) is 1.72. The van der Waals surface area contributed by atoms with E-state index in [0.29, 0.717) is 12.2 Å². The van der Waals surface area contributed by atoms with Gasteiger partial charge >= 0.3 is 6.18 Å². The van der Waals surface area contributed by atoms with Gasteiger partial charge in [-0.3, -0.25) is 0 Å². The van der Waals surface area contributed by atoms with E-state index in [1.54, 1.807) is 0 Å². The zero-order valence-corrected chi connectivity index (χ0v) is 10.9. The first-order valence-electron chi connectivity index (χ1n) is 6.21. The molecule has 0 saturated heterocycles. The molecule has 20 heavy (non-hydrogen) atoms. The Labute approximate surface area is 113 Å². The lowest BCUT2D eigenvalue weighted by Crippen LogP contribution is -2.05. The van der Waals surface area contributed by atoms with Crippen molar-refractivity contribution in [1.82, 2.24) is 10.1 Å². The Morgan fingerprint density at radius 3 is 2.70 bits per heavy atom. The fraction of sp³-hybridized carbons (Fsp3) is 0.385. The molecule has 0 saturated carbocycles. The fourth-order valence-electron chi connectivity index (χ4n) is 1.72. The Bertz CT molecular complexity index is 593. The van der Waals surface area contributed by atoms with Gasteiger partial charge in [0.1, 0.15) is 0 Å². The maximum absolute atomic E-state index is 12.7. The molecule has 0 bridgehead atoms. The number of unbranched alkanes of at least 4 members (excludes halogenated alkanes) is 1. The van der Waals surface area contributed by atoms with Crippen LogP contribution in [0.2, 0.25) is 0 Å². The number of halogens is 3. The van der Waals surface area contributed by atoms with Crippen molar-refractivity contribution in [3.05, 3.63) is 29.6 Å². The van der Waals surface area contributed by atoms with Gasteiger partial charge in [0.05, 0.1) is 11.1 Å². The molecule has 2 N–H and O–H groups in total. The van der Waals surface area contributed by atoms with Crippen LogP contribution in [0.25, 0.3) is 11.5 Å². The molecule has 0 spiro atoms. The number of hydrogen-bond donors (Lipinski definition) is 1. The molecule has 7 heteroatoms. The van der Waals surface area contributed by atoms with Crippen LogP contribution in [0.1, 0.15) is 31.2 Å². The molecule has 108 valence electrons. The number of aromatic nitrogens is 2. The summed E-state index contributed by atoms with van der Waals surface area (Å²) in [5, 5.41) is 3.74. The van der Waals surface area contributed by atoms with Crippen LogP contribution in [0.4, 0.5) is 18.9 Å². The van der Waals surface area contributed by atoms with Crippen molar-refractivity contribution >= 4 is 5.69 Å². The highest BCUT2D eigenvalue weighted by molar-refractivity contribution is 5.71.